The minimum atomic E-state index is -0.912. The molecule has 0 aliphatic carbocycles. The second kappa shape index (κ2) is 4.77. The standard InChI is InChI=1S/C9H13IN2O2/c1-6(2)3-4-12-5-7(9(13)14)8(10)11-12/h5-6H,3-4H2,1-2H3,(H,13,14). The Morgan fingerprint density at radius 2 is 2.36 bits per heavy atom. The summed E-state index contributed by atoms with van der Waals surface area (Å²) in [7, 11) is 0. The van der Waals surface area contributed by atoms with Crippen LogP contribution in [0.2, 0.25) is 0 Å². The van der Waals surface area contributed by atoms with Crippen molar-refractivity contribution in [2.24, 2.45) is 5.92 Å². The molecule has 0 fully saturated rings. The maximum absolute atomic E-state index is 10.7. The summed E-state index contributed by atoms with van der Waals surface area (Å²) in [5.41, 5.74) is 0.286. The molecule has 4 nitrogen and oxygen atoms in total. The van der Waals surface area contributed by atoms with E-state index in [0.717, 1.165) is 13.0 Å². The predicted octanol–water partition coefficient (Wildman–Crippen LogP) is 2.23. The number of carboxylic acid groups (broad SMARTS) is 1. The minimum absolute atomic E-state index is 0.286. The average molecular weight is 308 g/mol. The van der Waals surface area contributed by atoms with Crippen molar-refractivity contribution in [3.05, 3.63) is 15.5 Å². The van der Waals surface area contributed by atoms with Crippen LogP contribution in [-0.2, 0) is 6.54 Å². The SMILES string of the molecule is CC(C)CCn1cc(C(=O)O)c(I)n1. The number of rotatable bonds is 4. The van der Waals surface area contributed by atoms with E-state index < -0.39 is 5.97 Å². The Kier molecular flexibility index (Phi) is 3.91. The van der Waals surface area contributed by atoms with Crippen molar-refractivity contribution in [2.75, 3.05) is 0 Å². The van der Waals surface area contributed by atoms with Crippen LogP contribution in [0.3, 0.4) is 0 Å². The molecule has 5 heteroatoms. The molecule has 1 rings (SSSR count). The van der Waals surface area contributed by atoms with Gasteiger partial charge < -0.3 is 5.11 Å². The normalized spacial score (nSPS) is 10.9. The molecule has 1 aromatic heterocycles. The van der Waals surface area contributed by atoms with Crippen molar-refractivity contribution in [1.29, 1.82) is 0 Å². The number of nitrogens with zero attached hydrogens (tertiary/aromatic N) is 2. The molecular weight excluding hydrogens is 295 g/mol. The van der Waals surface area contributed by atoms with Gasteiger partial charge in [0.2, 0.25) is 0 Å². The van der Waals surface area contributed by atoms with Crippen molar-refractivity contribution < 1.29 is 9.90 Å². The largest absolute Gasteiger partial charge is 0.478 e. The van der Waals surface area contributed by atoms with E-state index in [9.17, 15) is 4.79 Å². The van der Waals surface area contributed by atoms with E-state index in [2.05, 4.69) is 18.9 Å². The van der Waals surface area contributed by atoms with Crippen molar-refractivity contribution >= 4 is 28.6 Å². The summed E-state index contributed by atoms with van der Waals surface area (Å²) >= 11 is 1.94. The van der Waals surface area contributed by atoms with Crippen LogP contribution in [0, 0.1) is 9.62 Å². The van der Waals surface area contributed by atoms with Crippen LogP contribution in [0.1, 0.15) is 30.6 Å². The third-order valence-corrected chi connectivity index (χ3v) is 2.68. The highest BCUT2D eigenvalue weighted by atomic mass is 127. The monoisotopic (exact) mass is 308 g/mol. The van der Waals surface area contributed by atoms with Gasteiger partial charge in [-0.25, -0.2) is 4.79 Å². The molecule has 1 aromatic rings. The van der Waals surface area contributed by atoms with Gasteiger partial charge in [-0.1, -0.05) is 13.8 Å². The number of halogens is 1. The van der Waals surface area contributed by atoms with Gasteiger partial charge in [-0.05, 0) is 34.9 Å². The highest BCUT2D eigenvalue weighted by molar-refractivity contribution is 14.1. The van der Waals surface area contributed by atoms with Gasteiger partial charge in [0.15, 0.2) is 0 Å². The number of hydrogen-bond donors (Lipinski definition) is 1. The zero-order valence-electron chi connectivity index (χ0n) is 8.20. The number of carboxylic acids is 1. The second-order valence-electron chi connectivity index (χ2n) is 3.58. The lowest BCUT2D eigenvalue weighted by Crippen LogP contribution is -2.02. The van der Waals surface area contributed by atoms with Crippen LogP contribution in [0.4, 0.5) is 0 Å². The highest BCUT2D eigenvalue weighted by Gasteiger charge is 2.12. The lowest BCUT2D eigenvalue weighted by Gasteiger charge is -2.03. The van der Waals surface area contributed by atoms with Crippen LogP contribution in [-0.4, -0.2) is 20.9 Å². The average Bonchev–Trinajstić information content (AvgIpc) is 2.43. The first-order valence-electron chi connectivity index (χ1n) is 4.47. The summed E-state index contributed by atoms with van der Waals surface area (Å²) in [5, 5.41) is 12.9. The summed E-state index contributed by atoms with van der Waals surface area (Å²) in [4.78, 5) is 10.7. The summed E-state index contributed by atoms with van der Waals surface area (Å²) in [6, 6.07) is 0. The van der Waals surface area contributed by atoms with E-state index >= 15 is 0 Å². The van der Waals surface area contributed by atoms with Gasteiger partial charge in [0.05, 0.1) is 0 Å². The van der Waals surface area contributed by atoms with E-state index in [4.69, 9.17) is 5.11 Å². The van der Waals surface area contributed by atoms with Crippen molar-refractivity contribution in [3.8, 4) is 0 Å². The molecule has 0 aliphatic rings. The summed E-state index contributed by atoms with van der Waals surface area (Å²) < 4.78 is 2.25. The molecule has 78 valence electrons. The van der Waals surface area contributed by atoms with Gasteiger partial charge in [0.25, 0.3) is 0 Å². The van der Waals surface area contributed by atoms with Crippen molar-refractivity contribution in [3.63, 3.8) is 0 Å². The number of aromatic nitrogens is 2. The van der Waals surface area contributed by atoms with Gasteiger partial charge in [-0.2, -0.15) is 5.10 Å². The lowest BCUT2D eigenvalue weighted by atomic mass is 10.1. The van der Waals surface area contributed by atoms with Crippen LogP contribution < -0.4 is 0 Å². The van der Waals surface area contributed by atoms with Crippen LogP contribution in [0.15, 0.2) is 6.20 Å². The Labute approximate surface area is 96.4 Å². The Balaban J connectivity index is 2.71. The number of aromatic carboxylic acids is 1. The van der Waals surface area contributed by atoms with Crippen LogP contribution in [0.25, 0.3) is 0 Å². The molecule has 0 radical (unpaired) electrons. The highest BCUT2D eigenvalue weighted by Crippen LogP contribution is 2.11. The Hall–Kier alpha value is -0.590. The topological polar surface area (TPSA) is 55.1 Å². The third-order valence-electron chi connectivity index (χ3n) is 1.88. The quantitative estimate of drug-likeness (QED) is 0.868. The molecule has 0 saturated heterocycles. The Bertz CT molecular complexity index is 334. The minimum Gasteiger partial charge on any atom is -0.478 e. The fraction of sp³-hybridized carbons (Fsp3) is 0.556. The van der Waals surface area contributed by atoms with Crippen LogP contribution >= 0.6 is 22.6 Å². The van der Waals surface area contributed by atoms with Gasteiger partial charge in [0, 0.05) is 12.7 Å². The summed E-state index contributed by atoms with van der Waals surface area (Å²) in [6.07, 6.45) is 2.60. The smallest absolute Gasteiger partial charge is 0.340 e. The van der Waals surface area contributed by atoms with E-state index in [1.54, 1.807) is 10.9 Å². The molecular formula is C9H13IN2O2. The fourth-order valence-electron chi connectivity index (χ4n) is 1.05. The fourth-order valence-corrected chi connectivity index (χ4v) is 1.69. The molecule has 14 heavy (non-hydrogen) atoms. The first-order chi connectivity index (χ1) is 6.50. The van der Waals surface area contributed by atoms with Crippen LogP contribution in [0.5, 0.6) is 0 Å². The van der Waals surface area contributed by atoms with E-state index in [1.165, 1.54) is 0 Å². The molecule has 0 unspecified atom stereocenters. The molecule has 0 amide bonds. The molecule has 0 atom stereocenters. The van der Waals surface area contributed by atoms with Crippen molar-refractivity contribution in [2.45, 2.75) is 26.8 Å². The molecule has 1 N–H and O–H groups in total. The second-order valence-corrected chi connectivity index (χ2v) is 4.61. The Morgan fingerprint density at radius 3 is 2.79 bits per heavy atom. The molecule has 0 aliphatic heterocycles. The molecule has 1 heterocycles. The number of carbonyl (C=O) groups is 1. The zero-order valence-corrected chi connectivity index (χ0v) is 10.4. The Morgan fingerprint density at radius 1 is 1.71 bits per heavy atom. The zero-order chi connectivity index (χ0) is 10.7. The van der Waals surface area contributed by atoms with Gasteiger partial charge >= 0.3 is 5.97 Å². The number of aryl methyl sites for hydroxylation is 1. The predicted molar refractivity (Wildman–Crippen MR) is 61.4 cm³/mol. The first-order valence-corrected chi connectivity index (χ1v) is 5.55. The van der Waals surface area contributed by atoms with E-state index in [-0.39, 0.29) is 5.56 Å². The third kappa shape index (κ3) is 2.97. The maximum atomic E-state index is 10.7. The molecule has 0 spiro atoms. The van der Waals surface area contributed by atoms with Gasteiger partial charge in [0.1, 0.15) is 9.26 Å². The first kappa shape index (κ1) is 11.5. The number of hydrogen-bond acceptors (Lipinski definition) is 2. The molecule has 0 aromatic carbocycles. The lowest BCUT2D eigenvalue weighted by molar-refractivity contribution is 0.0695. The van der Waals surface area contributed by atoms with E-state index in [1.807, 2.05) is 22.6 Å². The summed E-state index contributed by atoms with van der Waals surface area (Å²) in [5.74, 6) is -0.310. The van der Waals surface area contributed by atoms with Gasteiger partial charge in [-0.15, -0.1) is 0 Å². The summed E-state index contributed by atoms with van der Waals surface area (Å²) in [6.45, 7) is 5.04. The maximum Gasteiger partial charge on any atom is 0.340 e. The van der Waals surface area contributed by atoms with E-state index in [0.29, 0.717) is 9.62 Å². The van der Waals surface area contributed by atoms with Gasteiger partial charge in [-0.3, -0.25) is 4.68 Å². The van der Waals surface area contributed by atoms with Crippen molar-refractivity contribution in [1.82, 2.24) is 9.78 Å². The molecule has 0 saturated carbocycles. The molecule has 0 bridgehead atoms.